The molecule has 1 N–H and O–H groups in total. The number of nitrogens with one attached hydrogen (secondary N) is 1. The Morgan fingerprint density at radius 3 is 2.50 bits per heavy atom. The number of nitrogens with zero attached hydrogens (tertiary/aromatic N) is 1. The van der Waals surface area contributed by atoms with Gasteiger partial charge in [-0.05, 0) is 42.0 Å². The van der Waals surface area contributed by atoms with Crippen molar-refractivity contribution in [2.75, 3.05) is 11.9 Å². The fourth-order valence-corrected chi connectivity index (χ4v) is 3.48. The zero-order valence-electron chi connectivity index (χ0n) is 11.7. The quantitative estimate of drug-likeness (QED) is 0.849. The summed E-state index contributed by atoms with van der Waals surface area (Å²) in [4.78, 5) is 2.60. The Morgan fingerprint density at radius 1 is 0.850 bits per heavy atom. The largest absolute Gasteiger partial charge is 0.369 e. The predicted molar refractivity (Wildman–Crippen MR) is 82.7 cm³/mol. The maximum atomic E-state index is 3.72. The van der Waals surface area contributed by atoms with Crippen LogP contribution in [0.15, 0.2) is 48.5 Å². The van der Waals surface area contributed by atoms with Gasteiger partial charge in [-0.15, -0.1) is 0 Å². The molecule has 0 aromatic heterocycles. The van der Waals surface area contributed by atoms with Crippen LogP contribution in [0.25, 0.3) is 0 Å². The lowest BCUT2D eigenvalue weighted by Crippen LogP contribution is -2.45. The van der Waals surface area contributed by atoms with Crippen LogP contribution < -0.4 is 5.32 Å². The maximum absolute atomic E-state index is 3.72. The molecule has 2 aromatic rings. The van der Waals surface area contributed by atoms with E-state index in [9.17, 15) is 0 Å². The van der Waals surface area contributed by atoms with Crippen molar-refractivity contribution in [1.82, 2.24) is 4.90 Å². The Labute approximate surface area is 120 Å². The number of benzene rings is 2. The van der Waals surface area contributed by atoms with Crippen molar-refractivity contribution in [1.29, 1.82) is 0 Å². The van der Waals surface area contributed by atoms with Crippen LogP contribution in [0, 0.1) is 0 Å². The third-order valence-corrected chi connectivity index (χ3v) is 4.63. The monoisotopic (exact) mass is 264 g/mol. The van der Waals surface area contributed by atoms with Gasteiger partial charge in [0.2, 0.25) is 0 Å². The lowest BCUT2D eigenvalue weighted by atomic mass is 9.96. The summed E-state index contributed by atoms with van der Waals surface area (Å²) in [6, 6.07) is 17.6. The highest BCUT2D eigenvalue weighted by molar-refractivity contribution is 5.53. The summed E-state index contributed by atoms with van der Waals surface area (Å²) in [6.07, 6.45) is 4.06. The summed E-state index contributed by atoms with van der Waals surface area (Å²) in [5, 5.41) is 3.72. The Hall–Kier alpha value is -1.80. The second-order valence-corrected chi connectivity index (χ2v) is 5.85. The highest BCUT2D eigenvalue weighted by Crippen LogP contribution is 2.28. The Kier molecular flexibility index (Phi) is 2.96. The molecule has 0 saturated heterocycles. The number of hydrogen-bond acceptors (Lipinski definition) is 2. The van der Waals surface area contributed by atoms with Crippen molar-refractivity contribution < 1.29 is 0 Å². The maximum Gasteiger partial charge on any atom is 0.0799 e. The molecule has 0 saturated carbocycles. The van der Waals surface area contributed by atoms with Crippen LogP contribution in [0.3, 0.4) is 0 Å². The number of para-hydroxylation sites is 1. The number of aryl methyl sites for hydroxylation is 1. The highest BCUT2D eigenvalue weighted by Gasteiger charge is 2.26. The van der Waals surface area contributed by atoms with Crippen molar-refractivity contribution in [3.63, 3.8) is 0 Å². The van der Waals surface area contributed by atoms with E-state index in [1.54, 1.807) is 0 Å². The van der Waals surface area contributed by atoms with E-state index in [0.29, 0.717) is 6.17 Å². The van der Waals surface area contributed by atoms with Crippen molar-refractivity contribution >= 4 is 5.69 Å². The summed E-state index contributed by atoms with van der Waals surface area (Å²) < 4.78 is 0. The first-order chi connectivity index (χ1) is 9.90. The van der Waals surface area contributed by atoms with Gasteiger partial charge < -0.3 is 5.32 Å². The molecule has 4 rings (SSSR count). The molecular weight excluding hydrogens is 244 g/mol. The van der Waals surface area contributed by atoms with Crippen molar-refractivity contribution in [3.05, 3.63) is 65.2 Å². The Balaban J connectivity index is 1.53. The van der Waals surface area contributed by atoms with Gasteiger partial charge in [-0.25, -0.2) is 0 Å². The molecule has 1 atom stereocenters. The number of anilines is 1. The van der Waals surface area contributed by atoms with Crippen LogP contribution in [-0.4, -0.2) is 17.6 Å². The second kappa shape index (κ2) is 4.95. The SMILES string of the molecule is c1ccc2c(c1)CCN(C1CCc3ccccc3N1)C2. The molecule has 20 heavy (non-hydrogen) atoms. The van der Waals surface area contributed by atoms with Crippen LogP contribution >= 0.6 is 0 Å². The molecule has 2 nitrogen and oxygen atoms in total. The molecule has 102 valence electrons. The zero-order chi connectivity index (χ0) is 13.4. The highest BCUT2D eigenvalue weighted by atomic mass is 15.3. The predicted octanol–water partition coefficient (Wildman–Crippen LogP) is 3.43. The fourth-order valence-electron chi connectivity index (χ4n) is 3.48. The van der Waals surface area contributed by atoms with E-state index >= 15 is 0 Å². The lowest BCUT2D eigenvalue weighted by Gasteiger charge is -2.39. The molecule has 2 aromatic carbocycles. The topological polar surface area (TPSA) is 15.3 Å². The first-order valence-corrected chi connectivity index (χ1v) is 7.55. The smallest absolute Gasteiger partial charge is 0.0799 e. The molecule has 0 bridgehead atoms. The van der Waals surface area contributed by atoms with Crippen LogP contribution in [-0.2, 0) is 19.4 Å². The van der Waals surface area contributed by atoms with Crippen LogP contribution in [0.1, 0.15) is 23.1 Å². The van der Waals surface area contributed by atoms with E-state index in [1.807, 2.05) is 0 Å². The summed E-state index contributed by atoms with van der Waals surface area (Å²) >= 11 is 0. The second-order valence-electron chi connectivity index (χ2n) is 5.85. The molecule has 0 amide bonds. The minimum atomic E-state index is 0.484. The molecule has 2 heterocycles. The van der Waals surface area contributed by atoms with E-state index in [1.165, 1.54) is 41.6 Å². The molecular formula is C18H20N2. The normalized spacial score (nSPS) is 21.7. The molecule has 0 fully saturated rings. The average molecular weight is 264 g/mol. The Morgan fingerprint density at radius 2 is 1.60 bits per heavy atom. The fraction of sp³-hybridized carbons (Fsp3) is 0.333. The molecule has 1 unspecified atom stereocenters. The number of hydrogen-bond donors (Lipinski definition) is 1. The summed E-state index contributed by atoms with van der Waals surface area (Å²) in [5.74, 6) is 0. The summed E-state index contributed by atoms with van der Waals surface area (Å²) in [7, 11) is 0. The van der Waals surface area contributed by atoms with Gasteiger partial charge in [0.15, 0.2) is 0 Å². The van der Waals surface area contributed by atoms with Gasteiger partial charge in [-0.3, -0.25) is 4.90 Å². The molecule has 2 aliphatic rings. The minimum Gasteiger partial charge on any atom is -0.369 e. The summed E-state index contributed by atoms with van der Waals surface area (Å²) in [5.41, 5.74) is 5.81. The number of fused-ring (bicyclic) bond motifs is 2. The van der Waals surface area contributed by atoms with E-state index in [4.69, 9.17) is 0 Å². The van der Waals surface area contributed by atoms with Crippen molar-refractivity contribution in [2.24, 2.45) is 0 Å². The standard InChI is InChI=1S/C18H20N2/c1-2-7-16-13-20(12-11-14(16)5-1)18-10-9-15-6-3-4-8-17(15)19-18/h1-8,18-19H,9-13H2. The van der Waals surface area contributed by atoms with Gasteiger partial charge in [-0.2, -0.15) is 0 Å². The van der Waals surface area contributed by atoms with Crippen LogP contribution in [0.2, 0.25) is 0 Å². The van der Waals surface area contributed by atoms with Gasteiger partial charge >= 0.3 is 0 Å². The first-order valence-electron chi connectivity index (χ1n) is 7.55. The average Bonchev–Trinajstić information content (AvgIpc) is 2.54. The molecule has 2 aliphatic heterocycles. The van der Waals surface area contributed by atoms with Gasteiger partial charge in [0.25, 0.3) is 0 Å². The molecule has 0 spiro atoms. The third kappa shape index (κ3) is 2.10. The van der Waals surface area contributed by atoms with Gasteiger partial charge in [-0.1, -0.05) is 42.5 Å². The molecule has 0 aliphatic carbocycles. The van der Waals surface area contributed by atoms with E-state index in [2.05, 4.69) is 58.7 Å². The third-order valence-electron chi connectivity index (χ3n) is 4.63. The van der Waals surface area contributed by atoms with Gasteiger partial charge in [0, 0.05) is 18.8 Å². The Bertz CT molecular complexity index is 565. The molecule has 0 radical (unpaired) electrons. The lowest BCUT2D eigenvalue weighted by molar-refractivity contribution is 0.185. The molecule has 2 heteroatoms. The first kappa shape index (κ1) is 12.0. The van der Waals surface area contributed by atoms with Gasteiger partial charge in [0.05, 0.1) is 6.17 Å². The zero-order valence-corrected chi connectivity index (χ0v) is 11.7. The van der Waals surface area contributed by atoms with Crippen molar-refractivity contribution in [2.45, 2.75) is 32.0 Å². The van der Waals surface area contributed by atoms with Gasteiger partial charge in [0.1, 0.15) is 0 Å². The summed E-state index contributed by atoms with van der Waals surface area (Å²) in [6.45, 7) is 2.24. The van der Waals surface area contributed by atoms with Crippen LogP contribution in [0.4, 0.5) is 5.69 Å². The number of rotatable bonds is 1. The van der Waals surface area contributed by atoms with E-state index in [-0.39, 0.29) is 0 Å². The minimum absolute atomic E-state index is 0.484. The van der Waals surface area contributed by atoms with Crippen molar-refractivity contribution in [3.8, 4) is 0 Å². The van der Waals surface area contributed by atoms with E-state index in [0.717, 1.165) is 13.1 Å². The van der Waals surface area contributed by atoms with E-state index < -0.39 is 0 Å². The van der Waals surface area contributed by atoms with Crippen LogP contribution in [0.5, 0.6) is 0 Å².